The Balaban J connectivity index is 0. The molecule has 0 rings (SSSR count). The smallest absolute Gasteiger partial charge is 0.320 e. The van der Waals surface area contributed by atoms with Crippen LogP contribution in [0, 0.1) is 5.92 Å². The van der Waals surface area contributed by atoms with Crippen LogP contribution in [0.25, 0.3) is 0 Å². The summed E-state index contributed by atoms with van der Waals surface area (Å²) in [4.78, 5) is 10.2. The Morgan fingerprint density at radius 3 is 1.64 bits per heavy atom. The number of carboxylic acid groups (broad SMARTS) is 1. The fraction of sp³-hybridized carbons (Fsp3) is 0.964. The second kappa shape index (κ2) is 25.9. The fourth-order valence-electron chi connectivity index (χ4n) is 3.74. The molecule has 0 aliphatic carbocycles. The summed E-state index contributed by atoms with van der Waals surface area (Å²) in [5, 5.41) is 18.3. The van der Waals surface area contributed by atoms with Gasteiger partial charge in [-0.2, -0.15) is 8.42 Å². The highest BCUT2D eigenvalue weighted by molar-refractivity contribution is 7.86. The van der Waals surface area contributed by atoms with Crippen molar-refractivity contribution in [3.8, 4) is 0 Å². The van der Waals surface area contributed by atoms with E-state index in [2.05, 4.69) is 13.8 Å². The fourth-order valence-corrected chi connectivity index (χ4v) is 4.79. The quantitative estimate of drug-likeness (QED) is 0.0911. The Kier molecular flexibility index (Phi) is 27.0. The van der Waals surface area contributed by atoms with E-state index in [0.717, 1.165) is 38.5 Å². The minimum Gasteiger partial charge on any atom is -0.480 e. The summed E-state index contributed by atoms with van der Waals surface area (Å²) in [6.45, 7) is 8.45. The Morgan fingerprint density at radius 1 is 0.778 bits per heavy atom. The maximum absolute atomic E-state index is 11.9. The molecular weight excluding hydrogens is 478 g/mol. The van der Waals surface area contributed by atoms with Gasteiger partial charge >= 0.3 is 5.97 Å². The highest BCUT2D eigenvalue weighted by Crippen LogP contribution is 2.13. The van der Waals surface area contributed by atoms with Crippen molar-refractivity contribution in [1.29, 1.82) is 0 Å². The van der Waals surface area contributed by atoms with Gasteiger partial charge in [0.2, 0.25) is 0 Å². The summed E-state index contributed by atoms with van der Waals surface area (Å²) in [5.41, 5.74) is 5.27. The molecule has 0 heterocycles. The largest absolute Gasteiger partial charge is 0.480 e. The van der Waals surface area contributed by atoms with Crippen LogP contribution < -0.4 is 5.73 Å². The summed E-state index contributed by atoms with van der Waals surface area (Å²) in [6.07, 6.45) is 19.2. The van der Waals surface area contributed by atoms with Crippen LogP contribution in [0.3, 0.4) is 0 Å². The molecule has 0 saturated heterocycles. The number of aliphatic hydroxyl groups is 1. The lowest BCUT2D eigenvalue weighted by atomic mass is 10.0. The van der Waals surface area contributed by atoms with Crippen molar-refractivity contribution in [2.45, 2.75) is 155 Å². The average Bonchev–Trinajstić information content (AvgIpc) is 2.85. The van der Waals surface area contributed by atoms with E-state index in [4.69, 9.17) is 15.0 Å². The molecule has 0 bridgehead atoms. The minimum absolute atomic E-state index is 0.0680. The number of rotatable bonds is 24. The van der Waals surface area contributed by atoms with E-state index in [0.29, 0.717) is 6.42 Å². The third kappa shape index (κ3) is 26.4. The van der Waals surface area contributed by atoms with Gasteiger partial charge in [0.15, 0.2) is 0 Å². The highest BCUT2D eigenvalue weighted by atomic mass is 32.2. The zero-order valence-electron chi connectivity index (χ0n) is 23.9. The molecule has 0 spiro atoms. The molecule has 7 nitrogen and oxygen atoms in total. The molecule has 4 N–H and O–H groups in total. The second-order valence-electron chi connectivity index (χ2n) is 10.2. The van der Waals surface area contributed by atoms with Gasteiger partial charge in [0.1, 0.15) is 6.04 Å². The number of carbonyl (C=O) groups is 1. The molecule has 3 atom stereocenters. The van der Waals surface area contributed by atoms with E-state index in [1.54, 1.807) is 0 Å². The predicted octanol–water partition coefficient (Wildman–Crippen LogP) is 6.81. The lowest BCUT2D eigenvalue weighted by Crippen LogP contribution is -2.36. The first kappa shape index (κ1) is 37.5. The Labute approximate surface area is 223 Å². The number of hydrogen-bond donors (Lipinski definition) is 3. The van der Waals surface area contributed by atoms with Crippen molar-refractivity contribution in [1.82, 2.24) is 0 Å². The molecule has 0 fully saturated rings. The van der Waals surface area contributed by atoms with E-state index in [9.17, 15) is 18.3 Å². The van der Waals surface area contributed by atoms with Crippen LogP contribution in [0.4, 0.5) is 0 Å². The molecule has 218 valence electrons. The summed E-state index contributed by atoms with van der Waals surface area (Å²) in [6, 6.07) is -0.699. The molecule has 0 amide bonds. The van der Waals surface area contributed by atoms with Crippen LogP contribution in [0.15, 0.2) is 0 Å². The van der Waals surface area contributed by atoms with Crippen molar-refractivity contribution in [2.75, 3.05) is 12.4 Å². The standard InChI is InChI=1S/C22H46O4S.C6H13NO2/c1-3-5-7-9-11-12-13-14-16-18-22(23)19-21-27(24,25)26-20-17-15-10-8-6-4-2;1-3-4(2)5(7)6(8)9/h22-23H,3-21H2,1-2H3;4-5H,3,7H2,1-2H3,(H,8,9)/t;4-,5-/m.0/s1. The van der Waals surface area contributed by atoms with Crippen LogP contribution >= 0.6 is 0 Å². The van der Waals surface area contributed by atoms with Crippen LogP contribution in [0.2, 0.25) is 0 Å². The van der Waals surface area contributed by atoms with Gasteiger partial charge in [0.05, 0.1) is 18.5 Å². The van der Waals surface area contributed by atoms with E-state index in [1.807, 2.05) is 13.8 Å². The lowest BCUT2D eigenvalue weighted by molar-refractivity contribution is -0.139. The third-order valence-electron chi connectivity index (χ3n) is 6.64. The van der Waals surface area contributed by atoms with Gasteiger partial charge in [-0.25, -0.2) is 0 Å². The van der Waals surface area contributed by atoms with E-state index >= 15 is 0 Å². The third-order valence-corrected chi connectivity index (χ3v) is 7.91. The van der Waals surface area contributed by atoms with E-state index < -0.39 is 28.2 Å². The molecule has 8 heteroatoms. The zero-order valence-corrected chi connectivity index (χ0v) is 24.7. The van der Waals surface area contributed by atoms with Crippen LogP contribution in [0.5, 0.6) is 0 Å². The molecule has 36 heavy (non-hydrogen) atoms. The molecule has 0 aliphatic heterocycles. The number of nitrogens with two attached hydrogens (primary N) is 1. The SMILES string of the molecule is CCCCCCCCCCCC(O)CCS(=O)(=O)OCCCCCCCC.CC[C@H](C)[C@H](N)C(=O)O. The normalized spacial score (nSPS) is 14.1. The van der Waals surface area contributed by atoms with Gasteiger partial charge in [-0.3, -0.25) is 8.98 Å². The predicted molar refractivity (Wildman–Crippen MR) is 151 cm³/mol. The maximum atomic E-state index is 11.9. The number of hydrogen-bond acceptors (Lipinski definition) is 6. The van der Waals surface area contributed by atoms with Crippen molar-refractivity contribution in [3.63, 3.8) is 0 Å². The lowest BCUT2D eigenvalue weighted by Gasteiger charge is -2.11. The minimum atomic E-state index is -3.48. The first-order valence-corrected chi connectivity index (χ1v) is 16.2. The molecule has 1 unspecified atom stereocenters. The number of aliphatic hydroxyl groups excluding tert-OH is 1. The number of unbranched alkanes of at least 4 members (excludes halogenated alkanes) is 13. The molecular formula is C28H59NO6S. The van der Waals surface area contributed by atoms with Gasteiger partial charge in [0, 0.05) is 0 Å². The number of carboxylic acids is 1. The maximum Gasteiger partial charge on any atom is 0.320 e. The van der Waals surface area contributed by atoms with Crippen molar-refractivity contribution in [2.24, 2.45) is 11.7 Å². The van der Waals surface area contributed by atoms with Crippen LogP contribution in [-0.4, -0.2) is 49.1 Å². The summed E-state index contributed by atoms with van der Waals surface area (Å²) in [7, 11) is -3.48. The zero-order chi connectivity index (χ0) is 27.7. The summed E-state index contributed by atoms with van der Waals surface area (Å²) >= 11 is 0. The average molecular weight is 538 g/mol. The van der Waals surface area contributed by atoms with Crippen molar-refractivity contribution >= 4 is 16.1 Å². The van der Waals surface area contributed by atoms with Gasteiger partial charge < -0.3 is 15.9 Å². The topological polar surface area (TPSA) is 127 Å². The van der Waals surface area contributed by atoms with Crippen LogP contribution in [-0.2, 0) is 19.1 Å². The molecule has 0 aromatic rings. The molecule has 0 aliphatic rings. The molecule has 0 radical (unpaired) electrons. The molecule has 0 saturated carbocycles. The summed E-state index contributed by atoms with van der Waals surface area (Å²) < 4.78 is 28.8. The van der Waals surface area contributed by atoms with Gasteiger partial charge in [-0.1, -0.05) is 124 Å². The Morgan fingerprint density at radius 2 is 1.22 bits per heavy atom. The molecule has 0 aromatic carbocycles. The van der Waals surface area contributed by atoms with E-state index in [-0.39, 0.29) is 24.7 Å². The van der Waals surface area contributed by atoms with Gasteiger partial charge in [-0.05, 0) is 25.2 Å². The van der Waals surface area contributed by atoms with Gasteiger partial charge in [-0.15, -0.1) is 0 Å². The molecule has 0 aromatic heterocycles. The summed E-state index contributed by atoms with van der Waals surface area (Å²) in [5.74, 6) is -0.909. The Hall–Kier alpha value is -0.700. The Bertz CT molecular complexity index is 585. The van der Waals surface area contributed by atoms with Crippen molar-refractivity contribution in [3.05, 3.63) is 0 Å². The van der Waals surface area contributed by atoms with Gasteiger partial charge in [0.25, 0.3) is 10.1 Å². The first-order valence-electron chi connectivity index (χ1n) is 14.6. The van der Waals surface area contributed by atoms with Crippen LogP contribution in [0.1, 0.15) is 143 Å². The first-order chi connectivity index (χ1) is 17.1. The second-order valence-corrected chi connectivity index (χ2v) is 11.9. The number of aliphatic carboxylic acids is 1. The van der Waals surface area contributed by atoms with Crippen molar-refractivity contribution < 1.29 is 27.6 Å². The monoisotopic (exact) mass is 537 g/mol. The highest BCUT2D eigenvalue weighted by Gasteiger charge is 2.17. The van der Waals surface area contributed by atoms with E-state index in [1.165, 1.54) is 64.2 Å².